The summed E-state index contributed by atoms with van der Waals surface area (Å²) in [5.41, 5.74) is 3.44. The van der Waals surface area contributed by atoms with Crippen LogP contribution in [0.2, 0.25) is 0 Å². The Bertz CT molecular complexity index is 1120. The Morgan fingerprint density at radius 3 is 2.38 bits per heavy atom. The molecule has 32 heavy (non-hydrogen) atoms. The number of carbonyl (C=O) groups excluding carboxylic acids is 2. The average molecular weight is 458 g/mol. The van der Waals surface area contributed by atoms with Gasteiger partial charge in [-0.15, -0.1) is 0 Å². The summed E-state index contributed by atoms with van der Waals surface area (Å²) in [6.07, 6.45) is 0.224. The van der Waals surface area contributed by atoms with E-state index in [4.69, 9.17) is 4.74 Å². The van der Waals surface area contributed by atoms with Crippen LogP contribution in [-0.4, -0.2) is 63.4 Å². The third-order valence-electron chi connectivity index (χ3n) is 5.99. The lowest BCUT2D eigenvalue weighted by Crippen LogP contribution is -2.40. The number of nitrogens with zero attached hydrogens (tertiary/aromatic N) is 2. The van der Waals surface area contributed by atoms with Crippen LogP contribution in [0, 0.1) is 13.8 Å². The van der Waals surface area contributed by atoms with Crippen molar-refractivity contribution < 1.29 is 22.7 Å². The van der Waals surface area contributed by atoms with Crippen LogP contribution in [0.1, 0.15) is 27.9 Å². The summed E-state index contributed by atoms with van der Waals surface area (Å²) in [6.45, 7) is 5.80. The minimum Gasteiger partial charge on any atom is -0.379 e. The summed E-state index contributed by atoms with van der Waals surface area (Å²) >= 11 is 0. The molecule has 2 fully saturated rings. The van der Waals surface area contributed by atoms with Crippen LogP contribution in [0.4, 0.5) is 5.69 Å². The summed E-state index contributed by atoms with van der Waals surface area (Å²) in [6, 6.07) is 11.5. The first-order valence-electron chi connectivity index (χ1n) is 10.6. The van der Waals surface area contributed by atoms with Crippen LogP contribution in [0.25, 0.3) is 0 Å². The van der Waals surface area contributed by atoms with Gasteiger partial charge in [0.15, 0.2) is 0 Å². The predicted molar refractivity (Wildman–Crippen MR) is 120 cm³/mol. The Morgan fingerprint density at radius 1 is 1.03 bits per heavy atom. The lowest BCUT2D eigenvalue weighted by molar-refractivity contribution is -0.117. The van der Waals surface area contributed by atoms with Crippen molar-refractivity contribution in [2.45, 2.75) is 31.2 Å². The number of aryl methyl sites for hydroxylation is 2. The molecular formula is C23H27N3O5S. The molecule has 9 heteroatoms. The normalized spacial score (nSPS) is 19.9. The maximum Gasteiger partial charge on any atom is 0.251 e. The van der Waals surface area contributed by atoms with Crippen molar-refractivity contribution in [2.75, 3.05) is 37.7 Å². The van der Waals surface area contributed by atoms with E-state index in [1.807, 2.05) is 32.0 Å². The van der Waals surface area contributed by atoms with E-state index in [2.05, 4.69) is 5.32 Å². The number of amides is 2. The second-order valence-corrected chi connectivity index (χ2v) is 10.1. The number of sulfonamides is 1. The largest absolute Gasteiger partial charge is 0.379 e. The van der Waals surface area contributed by atoms with Gasteiger partial charge in [0.1, 0.15) is 0 Å². The van der Waals surface area contributed by atoms with Crippen molar-refractivity contribution in [3.63, 3.8) is 0 Å². The molecule has 0 unspecified atom stereocenters. The number of nitrogens with one attached hydrogen (secondary N) is 1. The van der Waals surface area contributed by atoms with Crippen molar-refractivity contribution in [1.82, 2.24) is 9.62 Å². The number of morpholine rings is 1. The Morgan fingerprint density at radius 2 is 1.72 bits per heavy atom. The van der Waals surface area contributed by atoms with Gasteiger partial charge in [0.2, 0.25) is 15.9 Å². The molecule has 0 spiro atoms. The highest BCUT2D eigenvalue weighted by atomic mass is 32.2. The molecule has 0 aromatic heterocycles. The van der Waals surface area contributed by atoms with Gasteiger partial charge in [0.05, 0.1) is 24.2 Å². The van der Waals surface area contributed by atoms with Gasteiger partial charge in [-0.25, -0.2) is 8.42 Å². The summed E-state index contributed by atoms with van der Waals surface area (Å²) in [7, 11) is -3.61. The van der Waals surface area contributed by atoms with Crippen molar-refractivity contribution >= 4 is 27.5 Å². The van der Waals surface area contributed by atoms with Crippen LogP contribution in [0.5, 0.6) is 0 Å². The van der Waals surface area contributed by atoms with Gasteiger partial charge in [-0.1, -0.05) is 6.07 Å². The van der Waals surface area contributed by atoms with E-state index >= 15 is 0 Å². The number of rotatable bonds is 5. The molecule has 4 rings (SSSR count). The van der Waals surface area contributed by atoms with Gasteiger partial charge in [0.25, 0.3) is 5.91 Å². The number of carbonyl (C=O) groups is 2. The second kappa shape index (κ2) is 9.01. The molecule has 170 valence electrons. The summed E-state index contributed by atoms with van der Waals surface area (Å²) in [4.78, 5) is 27.0. The van der Waals surface area contributed by atoms with Crippen LogP contribution >= 0.6 is 0 Å². The predicted octanol–water partition coefficient (Wildman–Crippen LogP) is 1.86. The molecule has 1 atom stereocenters. The molecule has 2 amide bonds. The SMILES string of the molecule is Cc1ccc(N2C[C@@H](NC(=O)c3ccc(S(=O)(=O)N4CCOCC4)cc3)CC2=O)cc1C. The van der Waals surface area contributed by atoms with E-state index in [-0.39, 0.29) is 29.2 Å². The summed E-state index contributed by atoms with van der Waals surface area (Å²) in [5, 5.41) is 2.90. The van der Waals surface area contributed by atoms with Gasteiger partial charge in [-0.2, -0.15) is 4.31 Å². The lowest BCUT2D eigenvalue weighted by Gasteiger charge is -2.26. The van der Waals surface area contributed by atoms with Gasteiger partial charge in [-0.3, -0.25) is 9.59 Å². The quantitative estimate of drug-likeness (QED) is 0.739. The number of anilines is 1. The molecule has 2 saturated heterocycles. The maximum absolute atomic E-state index is 12.7. The van der Waals surface area contributed by atoms with E-state index in [1.165, 1.54) is 28.6 Å². The molecule has 2 aliphatic rings. The third kappa shape index (κ3) is 4.55. The highest BCUT2D eigenvalue weighted by Gasteiger charge is 2.32. The minimum absolute atomic E-state index is 0.0366. The monoisotopic (exact) mass is 457 g/mol. The van der Waals surface area contributed by atoms with E-state index in [9.17, 15) is 18.0 Å². The molecule has 0 saturated carbocycles. The van der Waals surface area contributed by atoms with Crippen LogP contribution < -0.4 is 10.2 Å². The lowest BCUT2D eigenvalue weighted by atomic mass is 10.1. The first kappa shape index (κ1) is 22.4. The number of benzene rings is 2. The van der Waals surface area contributed by atoms with Gasteiger partial charge in [0, 0.05) is 37.3 Å². The zero-order valence-electron chi connectivity index (χ0n) is 18.2. The average Bonchev–Trinajstić information content (AvgIpc) is 3.16. The van der Waals surface area contributed by atoms with Crippen molar-refractivity contribution in [3.05, 3.63) is 59.2 Å². The molecule has 0 aliphatic carbocycles. The fourth-order valence-corrected chi connectivity index (χ4v) is 5.34. The number of ether oxygens (including phenoxy) is 1. The smallest absolute Gasteiger partial charge is 0.251 e. The van der Waals surface area contributed by atoms with Gasteiger partial charge in [-0.05, 0) is 61.4 Å². The number of hydrogen-bond donors (Lipinski definition) is 1. The standard InChI is InChI=1S/C23H27N3O5S/c1-16-3-6-20(13-17(16)2)26-15-19(14-22(26)27)24-23(28)18-4-7-21(8-5-18)32(29,30)25-9-11-31-12-10-25/h3-8,13,19H,9-12,14-15H2,1-2H3,(H,24,28)/t19-/m0/s1. The van der Waals surface area contributed by atoms with Crippen LogP contribution in [0.3, 0.4) is 0 Å². The van der Waals surface area contributed by atoms with Gasteiger partial charge >= 0.3 is 0 Å². The van der Waals surface area contributed by atoms with Crippen LogP contribution in [0.15, 0.2) is 47.4 Å². The molecule has 2 aromatic rings. The van der Waals surface area contributed by atoms with E-state index in [0.717, 1.165) is 16.8 Å². The fraction of sp³-hybridized carbons (Fsp3) is 0.391. The van der Waals surface area contributed by atoms with Gasteiger partial charge < -0.3 is 15.0 Å². The summed E-state index contributed by atoms with van der Waals surface area (Å²) < 4.78 is 32.0. The maximum atomic E-state index is 12.7. The molecule has 2 aromatic carbocycles. The second-order valence-electron chi connectivity index (χ2n) is 8.19. The molecular weight excluding hydrogens is 430 g/mol. The Kier molecular flexibility index (Phi) is 6.32. The highest BCUT2D eigenvalue weighted by Crippen LogP contribution is 2.24. The first-order valence-corrected chi connectivity index (χ1v) is 12.1. The minimum atomic E-state index is -3.61. The number of hydrogen-bond acceptors (Lipinski definition) is 5. The van der Waals surface area contributed by atoms with Crippen molar-refractivity contribution in [3.8, 4) is 0 Å². The van der Waals surface area contributed by atoms with E-state index in [1.54, 1.807) is 4.90 Å². The third-order valence-corrected chi connectivity index (χ3v) is 7.90. The Labute approximate surface area is 188 Å². The van der Waals surface area contributed by atoms with Crippen molar-refractivity contribution in [2.24, 2.45) is 0 Å². The zero-order chi connectivity index (χ0) is 22.9. The van der Waals surface area contributed by atoms with Crippen molar-refractivity contribution in [1.29, 1.82) is 0 Å². The molecule has 1 N–H and O–H groups in total. The van der Waals surface area contributed by atoms with Crippen LogP contribution in [-0.2, 0) is 19.6 Å². The first-order chi connectivity index (χ1) is 15.3. The fourth-order valence-electron chi connectivity index (χ4n) is 3.93. The molecule has 0 bridgehead atoms. The Balaban J connectivity index is 1.41. The van der Waals surface area contributed by atoms with E-state index in [0.29, 0.717) is 38.4 Å². The molecule has 8 nitrogen and oxygen atoms in total. The topological polar surface area (TPSA) is 96.0 Å². The Hall–Kier alpha value is -2.75. The summed E-state index contributed by atoms with van der Waals surface area (Å²) in [5.74, 6) is -0.370. The molecule has 2 heterocycles. The molecule has 2 aliphatic heterocycles. The highest BCUT2D eigenvalue weighted by molar-refractivity contribution is 7.89. The molecule has 0 radical (unpaired) electrons. The zero-order valence-corrected chi connectivity index (χ0v) is 19.0. The van der Waals surface area contributed by atoms with E-state index < -0.39 is 10.0 Å².